The van der Waals surface area contributed by atoms with Gasteiger partial charge in [0.15, 0.2) is 0 Å². The molecule has 0 saturated carbocycles. The maximum absolute atomic E-state index is 11.3. The smallest absolute Gasteiger partial charge is 0.339 e. The third kappa shape index (κ3) is 2.54. The van der Waals surface area contributed by atoms with Crippen LogP contribution in [-0.2, 0) is 0 Å². The molecule has 0 spiro atoms. The lowest BCUT2D eigenvalue weighted by Gasteiger charge is -2.22. The highest BCUT2D eigenvalue weighted by Crippen LogP contribution is 2.31. The maximum atomic E-state index is 11.3. The maximum Gasteiger partial charge on any atom is 0.339 e. The van der Waals surface area contributed by atoms with Crippen LogP contribution in [0.1, 0.15) is 10.4 Å². The molecular weight excluding hydrogens is 244 g/mol. The molecule has 0 aromatic heterocycles. The van der Waals surface area contributed by atoms with Crippen LogP contribution in [-0.4, -0.2) is 19.4 Å². The third-order valence-electron chi connectivity index (χ3n) is 2.52. The Labute approximate surface area is 107 Å². The van der Waals surface area contributed by atoms with Gasteiger partial charge in [-0.05, 0) is 31.1 Å². The highest BCUT2D eigenvalue weighted by Gasteiger charge is 2.22. The zero-order valence-electron chi connectivity index (χ0n) is 10.7. The van der Waals surface area contributed by atoms with Gasteiger partial charge in [-0.15, -0.1) is 0 Å². The molecule has 0 heterocycles. The number of carboxylic acids is 1. The van der Waals surface area contributed by atoms with E-state index in [2.05, 4.69) is 0 Å². The minimum Gasteiger partial charge on any atom is -0.543 e. The van der Waals surface area contributed by atoms with E-state index in [0.717, 1.165) is 10.8 Å². The largest absolute Gasteiger partial charge is 0.543 e. The van der Waals surface area contributed by atoms with E-state index in [-0.39, 0.29) is 5.56 Å². The normalized spacial score (nSPS) is 11.5. The fourth-order valence-electron chi connectivity index (χ4n) is 1.83. The summed E-state index contributed by atoms with van der Waals surface area (Å²) in [6.07, 6.45) is 0. The van der Waals surface area contributed by atoms with Crippen LogP contribution in [0.3, 0.4) is 0 Å². The summed E-state index contributed by atoms with van der Waals surface area (Å²) >= 11 is 0. The molecule has 0 bridgehead atoms. The summed E-state index contributed by atoms with van der Waals surface area (Å²) in [6, 6.07) is 11.1. The van der Waals surface area contributed by atoms with Gasteiger partial charge in [0, 0.05) is 5.39 Å². The molecule has 0 radical (unpaired) electrons. The minimum atomic E-state index is -1.86. The molecule has 2 rings (SSSR count). The molecule has 1 N–H and O–H groups in total. The van der Waals surface area contributed by atoms with E-state index in [1.807, 2.05) is 50.0 Å². The first-order valence-electron chi connectivity index (χ1n) is 5.82. The average Bonchev–Trinajstić information content (AvgIpc) is 2.27. The molecule has 0 amide bonds. The summed E-state index contributed by atoms with van der Waals surface area (Å²) in [4.78, 5) is 11.3. The van der Waals surface area contributed by atoms with Crippen molar-refractivity contribution in [3.05, 3.63) is 42.0 Å². The Kier molecular flexibility index (Phi) is 3.13. The molecule has 0 fully saturated rings. The van der Waals surface area contributed by atoms with Crippen molar-refractivity contribution < 1.29 is 14.3 Å². The van der Waals surface area contributed by atoms with E-state index >= 15 is 0 Å². The van der Waals surface area contributed by atoms with Gasteiger partial charge in [0.25, 0.3) is 0 Å². The van der Waals surface area contributed by atoms with Crippen LogP contribution >= 0.6 is 0 Å². The van der Waals surface area contributed by atoms with E-state index in [0.29, 0.717) is 5.75 Å². The summed E-state index contributed by atoms with van der Waals surface area (Å²) in [5.41, 5.74) is 0.233. The fourth-order valence-corrected chi connectivity index (χ4v) is 2.66. The van der Waals surface area contributed by atoms with Gasteiger partial charge in [0.05, 0.1) is 0 Å². The van der Waals surface area contributed by atoms with E-state index in [9.17, 15) is 9.90 Å². The Morgan fingerprint density at radius 2 is 1.78 bits per heavy atom. The molecule has 0 unspecified atom stereocenters. The van der Waals surface area contributed by atoms with Crippen molar-refractivity contribution in [2.24, 2.45) is 0 Å². The van der Waals surface area contributed by atoms with Crippen molar-refractivity contribution in [1.29, 1.82) is 0 Å². The predicted molar refractivity (Wildman–Crippen MR) is 74.9 cm³/mol. The van der Waals surface area contributed by atoms with Crippen molar-refractivity contribution in [1.82, 2.24) is 0 Å². The van der Waals surface area contributed by atoms with Gasteiger partial charge in [-0.2, -0.15) is 0 Å². The molecule has 0 saturated heterocycles. The van der Waals surface area contributed by atoms with Crippen LogP contribution in [0, 0.1) is 0 Å². The minimum absolute atomic E-state index is 0.233. The average molecular weight is 260 g/mol. The Bertz CT molecular complexity index is 600. The number of fused-ring (bicyclic) bond motifs is 1. The van der Waals surface area contributed by atoms with Gasteiger partial charge in [-0.3, -0.25) is 0 Å². The quantitative estimate of drug-likeness (QED) is 0.855. The second-order valence-electron chi connectivity index (χ2n) is 5.18. The molecule has 4 heteroatoms. The first-order valence-corrected chi connectivity index (χ1v) is 9.23. The zero-order valence-corrected chi connectivity index (χ0v) is 11.7. The number of hydrogen-bond donors (Lipinski definition) is 1. The molecule has 0 aliphatic rings. The first-order chi connectivity index (χ1) is 8.38. The molecule has 0 aliphatic heterocycles. The van der Waals surface area contributed by atoms with Gasteiger partial charge in [-0.1, -0.05) is 30.3 Å². The summed E-state index contributed by atoms with van der Waals surface area (Å²) < 4.78 is 5.97. The van der Waals surface area contributed by atoms with Gasteiger partial charge in [0.2, 0.25) is 8.32 Å². The summed E-state index contributed by atoms with van der Waals surface area (Å²) in [6.45, 7) is 6.13. The van der Waals surface area contributed by atoms with Gasteiger partial charge in [0.1, 0.15) is 11.3 Å². The first kappa shape index (κ1) is 12.6. The standard InChI is InChI=1S/C14H16O3Si/c1-18(2,3)17-13-11-7-5-4-6-10(11)8-9-12(13)14(15)16/h4-9H,1-3H3,(H,15,16). The highest BCUT2D eigenvalue weighted by atomic mass is 28.4. The fraction of sp³-hybridized carbons (Fsp3) is 0.214. The summed E-state index contributed by atoms with van der Waals surface area (Å²) in [7, 11) is -1.86. The van der Waals surface area contributed by atoms with Crippen LogP contribution in [0.15, 0.2) is 36.4 Å². The van der Waals surface area contributed by atoms with E-state index < -0.39 is 14.3 Å². The zero-order chi connectivity index (χ0) is 13.3. The molecule has 2 aromatic carbocycles. The van der Waals surface area contributed by atoms with E-state index in [4.69, 9.17) is 4.43 Å². The Hall–Kier alpha value is -1.81. The van der Waals surface area contributed by atoms with Crippen molar-refractivity contribution in [2.45, 2.75) is 19.6 Å². The summed E-state index contributed by atoms with van der Waals surface area (Å²) in [5.74, 6) is -0.450. The lowest BCUT2D eigenvalue weighted by molar-refractivity contribution is 0.0695. The van der Waals surface area contributed by atoms with Crippen LogP contribution in [0.2, 0.25) is 19.6 Å². The van der Waals surface area contributed by atoms with Gasteiger partial charge < -0.3 is 9.53 Å². The lowest BCUT2D eigenvalue weighted by Crippen LogP contribution is -2.30. The molecule has 18 heavy (non-hydrogen) atoms. The van der Waals surface area contributed by atoms with Crippen molar-refractivity contribution >= 4 is 25.1 Å². The van der Waals surface area contributed by atoms with Gasteiger partial charge >= 0.3 is 5.97 Å². The Morgan fingerprint density at radius 1 is 1.11 bits per heavy atom. The number of benzene rings is 2. The van der Waals surface area contributed by atoms with E-state index in [1.54, 1.807) is 6.07 Å². The lowest BCUT2D eigenvalue weighted by atomic mass is 10.1. The molecular formula is C14H16O3Si. The number of carboxylic acid groups (broad SMARTS) is 1. The molecule has 0 atom stereocenters. The predicted octanol–water partition coefficient (Wildman–Crippen LogP) is 3.75. The van der Waals surface area contributed by atoms with Crippen LogP contribution in [0.25, 0.3) is 10.8 Å². The summed E-state index contributed by atoms with van der Waals surface area (Å²) in [5, 5.41) is 11.1. The second-order valence-corrected chi connectivity index (χ2v) is 9.61. The topological polar surface area (TPSA) is 46.5 Å². The molecule has 3 nitrogen and oxygen atoms in total. The molecule has 94 valence electrons. The van der Waals surface area contributed by atoms with Crippen LogP contribution in [0.4, 0.5) is 0 Å². The van der Waals surface area contributed by atoms with E-state index in [1.165, 1.54) is 0 Å². The molecule has 2 aromatic rings. The number of rotatable bonds is 3. The van der Waals surface area contributed by atoms with Crippen LogP contribution in [0.5, 0.6) is 5.75 Å². The highest BCUT2D eigenvalue weighted by molar-refractivity contribution is 6.70. The van der Waals surface area contributed by atoms with Crippen molar-refractivity contribution in [3.63, 3.8) is 0 Å². The third-order valence-corrected chi connectivity index (χ3v) is 3.33. The van der Waals surface area contributed by atoms with Crippen LogP contribution < -0.4 is 4.43 Å². The number of carbonyl (C=O) groups is 1. The Morgan fingerprint density at radius 3 is 2.39 bits per heavy atom. The SMILES string of the molecule is C[Si](C)(C)Oc1c(C(=O)O)ccc2ccccc12. The van der Waals surface area contributed by atoms with Gasteiger partial charge in [-0.25, -0.2) is 4.79 Å². The Balaban J connectivity index is 2.70. The molecule has 0 aliphatic carbocycles. The monoisotopic (exact) mass is 260 g/mol. The second kappa shape index (κ2) is 4.46. The van der Waals surface area contributed by atoms with Crippen molar-refractivity contribution in [2.75, 3.05) is 0 Å². The van der Waals surface area contributed by atoms with Crippen molar-refractivity contribution in [3.8, 4) is 5.75 Å². The number of hydrogen-bond acceptors (Lipinski definition) is 2. The number of aromatic carboxylic acids is 1.